The Morgan fingerprint density at radius 3 is 2.72 bits per heavy atom. The average molecular weight is 245 g/mol. The van der Waals surface area contributed by atoms with Crippen LogP contribution >= 0.6 is 0 Å². The summed E-state index contributed by atoms with van der Waals surface area (Å²) in [4.78, 5) is 0. The largest absolute Gasteiger partial charge is 0.306 e. The molecule has 0 aliphatic rings. The lowest BCUT2D eigenvalue weighted by Gasteiger charge is -2.18. The molecule has 2 rings (SSSR count). The second-order valence-corrected chi connectivity index (χ2v) is 4.46. The molecule has 1 unspecified atom stereocenters. The van der Waals surface area contributed by atoms with E-state index < -0.39 is 0 Å². The molecule has 5 heteroatoms. The lowest BCUT2D eigenvalue weighted by atomic mass is 10.0. The fourth-order valence-corrected chi connectivity index (χ4v) is 2.06. The van der Waals surface area contributed by atoms with Gasteiger partial charge in [-0.2, -0.15) is 15.3 Å². The summed E-state index contributed by atoms with van der Waals surface area (Å²) < 4.78 is 1.82. The molecule has 18 heavy (non-hydrogen) atoms. The van der Waals surface area contributed by atoms with E-state index in [4.69, 9.17) is 0 Å². The molecule has 0 bridgehead atoms. The minimum absolute atomic E-state index is 0.123. The van der Waals surface area contributed by atoms with Gasteiger partial charge in [0.15, 0.2) is 0 Å². The molecule has 2 aromatic heterocycles. The maximum Gasteiger partial charge on any atom is 0.0651 e. The Labute approximate surface area is 107 Å². The van der Waals surface area contributed by atoms with E-state index in [9.17, 15) is 0 Å². The van der Waals surface area contributed by atoms with E-state index in [1.165, 1.54) is 0 Å². The third kappa shape index (κ3) is 2.56. The summed E-state index contributed by atoms with van der Waals surface area (Å²) in [6.45, 7) is 6.94. The predicted molar refractivity (Wildman–Crippen MR) is 70.2 cm³/mol. The van der Waals surface area contributed by atoms with Crippen LogP contribution in [0.1, 0.15) is 35.5 Å². The molecule has 96 valence electrons. The summed E-state index contributed by atoms with van der Waals surface area (Å²) in [7, 11) is 1.93. The average Bonchev–Trinajstić information content (AvgIpc) is 2.76. The zero-order valence-electron chi connectivity index (χ0n) is 11.3. The maximum absolute atomic E-state index is 4.24. The van der Waals surface area contributed by atoms with Crippen LogP contribution in [0.4, 0.5) is 0 Å². The summed E-state index contributed by atoms with van der Waals surface area (Å²) in [6.07, 6.45) is 3.92. The molecule has 2 aromatic rings. The molecular formula is C13H19N5. The first-order valence-electron chi connectivity index (χ1n) is 6.14. The van der Waals surface area contributed by atoms with Crippen molar-refractivity contribution in [2.24, 2.45) is 7.05 Å². The minimum atomic E-state index is 0.123. The Bertz CT molecular complexity index is 532. The number of rotatable bonds is 4. The van der Waals surface area contributed by atoms with Crippen molar-refractivity contribution >= 4 is 0 Å². The standard InChI is InChI=1S/C13H19N5/c1-5-14-13(11-7-15-18(4)8-11)12-6-9(2)16-17-10(12)3/h6-8,13-14H,5H2,1-4H3. The normalized spacial score (nSPS) is 12.7. The summed E-state index contributed by atoms with van der Waals surface area (Å²) in [5, 5.41) is 16.0. The Kier molecular flexibility index (Phi) is 3.72. The summed E-state index contributed by atoms with van der Waals surface area (Å²) >= 11 is 0. The van der Waals surface area contributed by atoms with Crippen LogP contribution in [0.5, 0.6) is 0 Å². The Balaban J connectivity index is 2.44. The van der Waals surface area contributed by atoms with E-state index in [0.717, 1.165) is 29.1 Å². The highest BCUT2D eigenvalue weighted by molar-refractivity contribution is 5.32. The molecule has 1 atom stereocenters. The van der Waals surface area contributed by atoms with Crippen molar-refractivity contribution in [1.29, 1.82) is 0 Å². The molecule has 0 amide bonds. The van der Waals surface area contributed by atoms with Gasteiger partial charge < -0.3 is 5.32 Å². The summed E-state index contributed by atoms with van der Waals surface area (Å²) in [5.41, 5.74) is 4.20. The van der Waals surface area contributed by atoms with Crippen molar-refractivity contribution in [3.63, 3.8) is 0 Å². The molecule has 2 heterocycles. The molecule has 5 nitrogen and oxygen atoms in total. The van der Waals surface area contributed by atoms with Crippen LogP contribution in [-0.2, 0) is 7.05 Å². The topological polar surface area (TPSA) is 55.6 Å². The van der Waals surface area contributed by atoms with Crippen molar-refractivity contribution in [3.8, 4) is 0 Å². The first-order valence-corrected chi connectivity index (χ1v) is 6.14. The van der Waals surface area contributed by atoms with Crippen molar-refractivity contribution in [2.45, 2.75) is 26.8 Å². The maximum atomic E-state index is 4.24. The molecule has 0 radical (unpaired) electrons. The SMILES string of the molecule is CCNC(c1cnn(C)c1)c1cc(C)nnc1C. The number of aryl methyl sites for hydroxylation is 3. The van der Waals surface area contributed by atoms with Crippen molar-refractivity contribution in [3.05, 3.63) is 41.0 Å². The molecule has 0 saturated heterocycles. The number of hydrogen-bond donors (Lipinski definition) is 1. The zero-order chi connectivity index (χ0) is 13.1. The van der Waals surface area contributed by atoms with Crippen molar-refractivity contribution in [2.75, 3.05) is 6.54 Å². The molecule has 1 N–H and O–H groups in total. The smallest absolute Gasteiger partial charge is 0.0651 e. The fourth-order valence-electron chi connectivity index (χ4n) is 2.06. The van der Waals surface area contributed by atoms with Gasteiger partial charge in [-0.1, -0.05) is 6.92 Å². The van der Waals surface area contributed by atoms with Gasteiger partial charge in [-0.15, -0.1) is 0 Å². The van der Waals surface area contributed by atoms with Gasteiger partial charge >= 0.3 is 0 Å². The Morgan fingerprint density at radius 1 is 1.33 bits per heavy atom. The van der Waals surface area contributed by atoms with E-state index in [-0.39, 0.29) is 6.04 Å². The van der Waals surface area contributed by atoms with Crippen LogP contribution in [0.15, 0.2) is 18.5 Å². The lowest BCUT2D eigenvalue weighted by Crippen LogP contribution is -2.23. The van der Waals surface area contributed by atoms with Crippen LogP contribution in [0, 0.1) is 13.8 Å². The number of aromatic nitrogens is 4. The summed E-state index contributed by atoms with van der Waals surface area (Å²) in [5.74, 6) is 0. The van der Waals surface area contributed by atoms with Crippen LogP contribution < -0.4 is 5.32 Å². The third-order valence-electron chi connectivity index (χ3n) is 2.92. The van der Waals surface area contributed by atoms with Gasteiger partial charge in [0.1, 0.15) is 0 Å². The minimum Gasteiger partial charge on any atom is -0.306 e. The molecular weight excluding hydrogens is 226 g/mol. The van der Waals surface area contributed by atoms with Crippen LogP contribution in [0.2, 0.25) is 0 Å². The van der Waals surface area contributed by atoms with Crippen LogP contribution in [-0.4, -0.2) is 26.5 Å². The molecule has 0 aliphatic heterocycles. The monoisotopic (exact) mass is 245 g/mol. The number of nitrogens with one attached hydrogen (secondary N) is 1. The first-order chi connectivity index (χ1) is 8.61. The molecule has 0 aliphatic carbocycles. The van der Waals surface area contributed by atoms with Gasteiger partial charge in [-0.05, 0) is 32.0 Å². The third-order valence-corrected chi connectivity index (χ3v) is 2.92. The fraction of sp³-hybridized carbons (Fsp3) is 0.462. The number of hydrogen-bond acceptors (Lipinski definition) is 4. The van der Waals surface area contributed by atoms with Gasteiger partial charge in [0.05, 0.1) is 23.6 Å². The second kappa shape index (κ2) is 5.27. The molecule has 0 aromatic carbocycles. The quantitative estimate of drug-likeness (QED) is 0.887. The van der Waals surface area contributed by atoms with Crippen molar-refractivity contribution < 1.29 is 0 Å². The highest BCUT2D eigenvalue weighted by Crippen LogP contribution is 2.23. The van der Waals surface area contributed by atoms with Gasteiger partial charge in [0.2, 0.25) is 0 Å². The molecule has 0 saturated carbocycles. The lowest BCUT2D eigenvalue weighted by molar-refractivity contribution is 0.619. The van der Waals surface area contributed by atoms with E-state index in [1.54, 1.807) is 0 Å². The van der Waals surface area contributed by atoms with E-state index in [2.05, 4.69) is 33.6 Å². The second-order valence-electron chi connectivity index (χ2n) is 4.46. The van der Waals surface area contributed by atoms with E-state index in [0.29, 0.717) is 0 Å². The highest BCUT2D eigenvalue weighted by atomic mass is 15.2. The van der Waals surface area contributed by atoms with Crippen LogP contribution in [0.25, 0.3) is 0 Å². The predicted octanol–water partition coefficient (Wildman–Crippen LogP) is 1.53. The first kappa shape index (κ1) is 12.7. The van der Waals surface area contributed by atoms with Gasteiger partial charge in [-0.3, -0.25) is 4.68 Å². The van der Waals surface area contributed by atoms with Crippen molar-refractivity contribution in [1.82, 2.24) is 25.3 Å². The summed E-state index contributed by atoms with van der Waals surface area (Å²) in [6, 6.07) is 2.21. The van der Waals surface area contributed by atoms with Gasteiger partial charge in [-0.25, -0.2) is 0 Å². The van der Waals surface area contributed by atoms with Gasteiger partial charge in [0, 0.05) is 18.8 Å². The Morgan fingerprint density at radius 2 is 2.11 bits per heavy atom. The highest BCUT2D eigenvalue weighted by Gasteiger charge is 2.17. The molecule has 0 fully saturated rings. The molecule has 0 spiro atoms. The van der Waals surface area contributed by atoms with E-state index >= 15 is 0 Å². The van der Waals surface area contributed by atoms with Gasteiger partial charge in [0.25, 0.3) is 0 Å². The van der Waals surface area contributed by atoms with Crippen LogP contribution in [0.3, 0.4) is 0 Å². The van der Waals surface area contributed by atoms with E-state index in [1.807, 2.05) is 38.0 Å². The number of nitrogens with zero attached hydrogens (tertiary/aromatic N) is 4. The zero-order valence-corrected chi connectivity index (χ0v) is 11.3. The Hall–Kier alpha value is -1.75.